The molecule has 2 aliphatic heterocycles. The molecule has 0 radical (unpaired) electrons. The van der Waals surface area contributed by atoms with Crippen molar-refractivity contribution < 1.29 is 24.2 Å². The summed E-state index contributed by atoms with van der Waals surface area (Å²) in [5, 5.41) is 9.18. The summed E-state index contributed by atoms with van der Waals surface area (Å²) in [7, 11) is 1.61. The lowest BCUT2D eigenvalue weighted by atomic mass is 10.2. The van der Waals surface area contributed by atoms with E-state index in [-0.39, 0.29) is 12.1 Å². The number of anilines is 1. The van der Waals surface area contributed by atoms with Crippen molar-refractivity contribution >= 4 is 17.8 Å². The van der Waals surface area contributed by atoms with Gasteiger partial charge in [-0.3, -0.25) is 4.90 Å². The summed E-state index contributed by atoms with van der Waals surface area (Å²) >= 11 is 0. The molecule has 146 valence electrons. The molecule has 2 saturated heterocycles. The van der Waals surface area contributed by atoms with Gasteiger partial charge in [0.15, 0.2) is 0 Å². The van der Waals surface area contributed by atoms with E-state index < -0.39 is 6.09 Å². The van der Waals surface area contributed by atoms with Crippen LogP contribution < -0.4 is 14.4 Å². The molecule has 2 heterocycles. The quantitative estimate of drug-likeness (QED) is 0.877. The number of nitrogens with zero attached hydrogens (tertiary/aromatic N) is 3. The number of fused-ring (bicyclic) bond motifs is 1. The molecule has 1 atom stereocenters. The summed E-state index contributed by atoms with van der Waals surface area (Å²) < 4.78 is 10.9. The lowest BCUT2D eigenvalue weighted by Gasteiger charge is -2.34. The monoisotopic (exact) mass is 383 g/mol. The molecule has 2 aromatic rings. The van der Waals surface area contributed by atoms with Crippen molar-refractivity contribution in [3.05, 3.63) is 48.5 Å². The van der Waals surface area contributed by atoms with Crippen LogP contribution in [0.3, 0.4) is 0 Å². The van der Waals surface area contributed by atoms with Crippen LogP contribution in [0.15, 0.2) is 48.5 Å². The average Bonchev–Trinajstić information content (AvgIpc) is 3.05. The number of carboxylic acid groups (broad SMARTS) is 1. The molecule has 1 N–H and O–H groups in total. The van der Waals surface area contributed by atoms with E-state index in [0.717, 1.165) is 11.4 Å². The fourth-order valence-electron chi connectivity index (χ4n) is 3.57. The van der Waals surface area contributed by atoms with Crippen molar-refractivity contribution in [3.8, 4) is 17.2 Å². The maximum atomic E-state index is 12.7. The van der Waals surface area contributed by atoms with Crippen LogP contribution in [-0.4, -0.2) is 66.4 Å². The second kappa shape index (κ2) is 7.30. The van der Waals surface area contributed by atoms with Gasteiger partial charge in [0.25, 0.3) is 0 Å². The van der Waals surface area contributed by atoms with Crippen LogP contribution in [-0.2, 0) is 0 Å². The van der Waals surface area contributed by atoms with E-state index in [1.165, 1.54) is 4.90 Å². The van der Waals surface area contributed by atoms with Crippen LogP contribution >= 0.6 is 0 Å². The van der Waals surface area contributed by atoms with Gasteiger partial charge in [0.05, 0.1) is 13.2 Å². The van der Waals surface area contributed by atoms with Crippen LogP contribution in [0.5, 0.6) is 17.2 Å². The number of benzene rings is 2. The first-order valence-electron chi connectivity index (χ1n) is 9.03. The molecule has 0 spiro atoms. The highest BCUT2D eigenvalue weighted by molar-refractivity contribution is 5.95. The second-order valence-electron chi connectivity index (χ2n) is 6.74. The van der Waals surface area contributed by atoms with Gasteiger partial charge in [0, 0.05) is 31.9 Å². The van der Waals surface area contributed by atoms with Gasteiger partial charge < -0.3 is 24.4 Å². The van der Waals surface area contributed by atoms with E-state index >= 15 is 0 Å². The average molecular weight is 383 g/mol. The number of carbonyl (C=O) groups is 2. The Morgan fingerprint density at radius 2 is 1.57 bits per heavy atom. The Hall–Kier alpha value is -3.42. The molecule has 2 fully saturated rings. The van der Waals surface area contributed by atoms with E-state index in [1.807, 2.05) is 48.5 Å². The van der Waals surface area contributed by atoms with Gasteiger partial charge in [0.1, 0.15) is 17.2 Å². The van der Waals surface area contributed by atoms with Crippen LogP contribution in [0.25, 0.3) is 0 Å². The molecule has 1 unspecified atom stereocenters. The molecule has 8 heteroatoms. The van der Waals surface area contributed by atoms with Crippen molar-refractivity contribution in [1.29, 1.82) is 0 Å². The fourth-order valence-corrected chi connectivity index (χ4v) is 3.57. The second-order valence-corrected chi connectivity index (χ2v) is 6.74. The molecule has 2 aromatic carbocycles. The third-order valence-electron chi connectivity index (χ3n) is 5.07. The molecule has 0 saturated carbocycles. The Balaban J connectivity index is 1.43. The Labute approximate surface area is 162 Å². The highest BCUT2D eigenvalue weighted by atomic mass is 16.5. The molecule has 0 bridgehead atoms. The molecule has 4 rings (SSSR count). The summed E-state index contributed by atoms with van der Waals surface area (Å²) in [6.45, 7) is 1.59. The van der Waals surface area contributed by atoms with E-state index in [4.69, 9.17) is 9.47 Å². The topological polar surface area (TPSA) is 82.6 Å². The number of piperazine rings is 1. The number of methoxy groups -OCH3 is 1. The zero-order valence-corrected chi connectivity index (χ0v) is 15.4. The van der Waals surface area contributed by atoms with Gasteiger partial charge in [-0.15, -0.1) is 0 Å². The number of amides is 3. The summed E-state index contributed by atoms with van der Waals surface area (Å²) in [5.41, 5.74) is 0.767. The third kappa shape index (κ3) is 3.40. The van der Waals surface area contributed by atoms with Gasteiger partial charge in [-0.1, -0.05) is 0 Å². The van der Waals surface area contributed by atoms with E-state index in [1.54, 1.807) is 16.9 Å². The highest BCUT2D eigenvalue weighted by Gasteiger charge is 2.42. The Morgan fingerprint density at radius 3 is 2.18 bits per heavy atom. The molecular formula is C20H21N3O5. The van der Waals surface area contributed by atoms with Crippen LogP contribution in [0, 0.1) is 0 Å². The largest absolute Gasteiger partial charge is 0.497 e. The maximum Gasteiger partial charge on any atom is 0.407 e. The van der Waals surface area contributed by atoms with Gasteiger partial charge in [-0.05, 0) is 48.5 Å². The number of ether oxygens (including phenoxy) is 2. The summed E-state index contributed by atoms with van der Waals surface area (Å²) in [4.78, 5) is 28.7. The molecule has 2 aliphatic rings. The first kappa shape index (κ1) is 18.0. The summed E-state index contributed by atoms with van der Waals surface area (Å²) in [5.74, 6) is 2.11. The lowest BCUT2D eigenvalue weighted by Crippen LogP contribution is -2.53. The highest BCUT2D eigenvalue weighted by Crippen LogP contribution is 2.30. The molecule has 0 aliphatic carbocycles. The number of hydrogen-bond donors (Lipinski definition) is 1. The Kier molecular flexibility index (Phi) is 4.68. The third-order valence-corrected chi connectivity index (χ3v) is 5.07. The first-order valence-corrected chi connectivity index (χ1v) is 9.03. The fraction of sp³-hybridized carbons (Fsp3) is 0.300. The Morgan fingerprint density at radius 1 is 0.964 bits per heavy atom. The van der Waals surface area contributed by atoms with E-state index in [2.05, 4.69) is 0 Å². The molecule has 28 heavy (non-hydrogen) atoms. The normalized spacial score (nSPS) is 18.8. The van der Waals surface area contributed by atoms with Crippen molar-refractivity contribution in [1.82, 2.24) is 9.80 Å². The zero-order valence-electron chi connectivity index (χ0n) is 15.4. The lowest BCUT2D eigenvalue weighted by molar-refractivity contribution is 0.0997. The minimum absolute atomic E-state index is 0.0844. The van der Waals surface area contributed by atoms with Crippen LogP contribution in [0.2, 0.25) is 0 Å². The van der Waals surface area contributed by atoms with Crippen LogP contribution in [0.1, 0.15) is 0 Å². The molecule has 3 amide bonds. The number of hydrogen-bond acceptors (Lipinski definition) is 4. The van der Waals surface area contributed by atoms with Crippen molar-refractivity contribution in [2.24, 2.45) is 0 Å². The van der Waals surface area contributed by atoms with Crippen molar-refractivity contribution in [2.45, 2.75) is 6.04 Å². The minimum atomic E-state index is -0.939. The van der Waals surface area contributed by atoms with Crippen molar-refractivity contribution in [2.75, 3.05) is 38.2 Å². The smallest absolute Gasteiger partial charge is 0.407 e. The molecule has 8 nitrogen and oxygen atoms in total. The maximum absolute atomic E-state index is 12.7. The van der Waals surface area contributed by atoms with Gasteiger partial charge in [-0.25, -0.2) is 9.59 Å². The zero-order chi connectivity index (χ0) is 19.7. The van der Waals surface area contributed by atoms with E-state index in [9.17, 15) is 14.7 Å². The van der Waals surface area contributed by atoms with Crippen molar-refractivity contribution in [3.63, 3.8) is 0 Å². The SMILES string of the molecule is COc1ccc(Oc2ccc(N3CC4CN(C(=O)O)CCN4C3=O)cc2)cc1. The van der Waals surface area contributed by atoms with Gasteiger partial charge >= 0.3 is 12.1 Å². The van der Waals surface area contributed by atoms with Gasteiger partial charge in [0.2, 0.25) is 0 Å². The molecule has 0 aromatic heterocycles. The predicted octanol–water partition coefficient (Wildman–Crippen LogP) is 3.09. The minimum Gasteiger partial charge on any atom is -0.497 e. The Bertz CT molecular complexity index is 868. The number of urea groups is 1. The molecular weight excluding hydrogens is 362 g/mol. The predicted molar refractivity (Wildman–Crippen MR) is 102 cm³/mol. The summed E-state index contributed by atoms with van der Waals surface area (Å²) in [6.07, 6.45) is -0.939. The summed E-state index contributed by atoms with van der Waals surface area (Å²) in [6, 6.07) is 14.4. The standard InChI is InChI=1S/C20H21N3O5/c1-27-16-6-8-18(9-7-16)28-17-4-2-14(3-5-17)23-13-15-12-21(20(25)26)10-11-22(15)19(23)24/h2-9,15H,10-13H2,1H3,(H,25,26). The van der Waals surface area contributed by atoms with Crippen LogP contribution in [0.4, 0.5) is 15.3 Å². The van der Waals surface area contributed by atoms with E-state index in [0.29, 0.717) is 37.7 Å². The van der Waals surface area contributed by atoms with Gasteiger partial charge in [-0.2, -0.15) is 0 Å². The number of carbonyl (C=O) groups excluding carboxylic acids is 1. The number of rotatable bonds is 4. The first-order chi connectivity index (χ1) is 13.5.